The summed E-state index contributed by atoms with van der Waals surface area (Å²) in [7, 11) is 2.09. The largest absolute Gasteiger partial charge is 0.366 e. The van der Waals surface area contributed by atoms with E-state index in [0.29, 0.717) is 6.04 Å². The summed E-state index contributed by atoms with van der Waals surface area (Å²) in [6.07, 6.45) is 0.831. The van der Waals surface area contributed by atoms with Crippen LogP contribution in [0.1, 0.15) is 30.3 Å². The van der Waals surface area contributed by atoms with Crippen LogP contribution in [0.15, 0.2) is 35.7 Å². The van der Waals surface area contributed by atoms with Crippen LogP contribution < -0.4 is 10.6 Å². The van der Waals surface area contributed by atoms with Crippen molar-refractivity contribution < 1.29 is 0 Å². The molecule has 20 heavy (non-hydrogen) atoms. The second kappa shape index (κ2) is 6.61. The Labute approximate surface area is 130 Å². The Balaban J connectivity index is 2.35. The van der Waals surface area contributed by atoms with Crippen LogP contribution in [-0.4, -0.2) is 13.1 Å². The predicted molar refractivity (Wildman–Crippen MR) is 89.9 cm³/mol. The fourth-order valence-electron chi connectivity index (χ4n) is 2.38. The Bertz CT molecular complexity index is 552. The maximum Gasteiger partial charge on any atom is 0.0642 e. The molecule has 0 aliphatic carbocycles. The van der Waals surface area contributed by atoms with E-state index in [0.717, 1.165) is 17.1 Å². The SMILES string of the molecule is CC(N)Cc1cccc(Cl)c1N(C)C(C)c1cccs1. The fraction of sp³-hybridized carbons (Fsp3) is 0.375. The monoisotopic (exact) mass is 308 g/mol. The summed E-state index contributed by atoms with van der Waals surface area (Å²) in [5.41, 5.74) is 8.25. The maximum atomic E-state index is 6.43. The quantitative estimate of drug-likeness (QED) is 0.882. The number of nitrogens with zero attached hydrogens (tertiary/aromatic N) is 1. The molecule has 2 N–H and O–H groups in total. The molecule has 4 heteroatoms. The first-order valence-electron chi connectivity index (χ1n) is 6.80. The molecule has 108 valence electrons. The third kappa shape index (κ3) is 3.35. The molecule has 2 nitrogen and oxygen atoms in total. The molecule has 0 aliphatic rings. The molecule has 2 aromatic rings. The standard InChI is InChI=1S/C16H21ClN2S/c1-11(18)10-13-6-4-7-14(17)16(13)19(3)12(2)15-8-5-9-20-15/h4-9,11-12H,10,18H2,1-3H3. The lowest BCUT2D eigenvalue weighted by Crippen LogP contribution is -2.25. The summed E-state index contributed by atoms with van der Waals surface area (Å²) in [5.74, 6) is 0. The molecule has 0 fully saturated rings. The van der Waals surface area contributed by atoms with E-state index in [1.54, 1.807) is 11.3 Å². The number of benzene rings is 1. The van der Waals surface area contributed by atoms with Crippen molar-refractivity contribution >= 4 is 28.6 Å². The average molecular weight is 309 g/mol. The second-order valence-corrected chi connectivity index (χ2v) is 6.62. The highest BCUT2D eigenvalue weighted by molar-refractivity contribution is 7.10. The molecular formula is C16H21ClN2S. The summed E-state index contributed by atoms with van der Waals surface area (Å²) in [6, 6.07) is 10.7. The first-order chi connectivity index (χ1) is 9.50. The van der Waals surface area contributed by atoms with Gasteiger partial charge < -0.3 is 10.6 Å². The lowest BCUT2D eigenvalue weighted by Gasteiger charge is -2.29. The van der Waals surface area contributed by atoms with Gasteiger partial charge in [-0.15, -0.1) is 11.3 Å². The fourth-order valence-corrected chi connectivity index (χ4v) is 3.53. The third-order valence-corrected chi connectivity index (χ3v) is 4.85. The van der Waals surface area contributed by atoms with Gasteiger partial charge in [-0.25, -0.2) is 0 Å². The molecule has 0 amide bonds. The summed E-state index contributed by atoms with van der Waals surface area (Å²) in [4.78, 5) is 3.57. The zero-order valence-corrected chi connectivity index (χ0v) is 13.7. The zero-order valence-electron chi connectivity index (χ0n) is 12.1. The highest BCUT2D eigenvalue weighted by atomic mass is 35.5. The van der Waals surface area contributed by atoms with Crippen LogP contribution in [-0.2, 0) is 6.42 Å². The molecule has 2 unspecified atom stereocenters. The molecule has 1 heterocycles. The molecule has 0 saturated heterocycles. The van der Waals surface area contributed by atoms with Crippen molar-refractivity contribution in [1.82, 2.24) is 0 Å². The number of rotatable bonds is 5. The minimum absolute atomic E-state index is 0.123. The van der Waals surface area contributed by atoms with Crippen LogP contribution in [0.4, 0.5) is 5.69 Å². The van der Waals surface area contributed by atoms with Crippen molar-refractivity contribution in [2.24, 2.45) is 5.73 Å². The van der Waals surface area contributed by atoms with E-state index in [1.807, 2.05) is 19.1 Å². The number of hydrogen-bond acceptors (Lipinski definition) is 3. The average Bonchev–Trinajstić information content (AvgIpc) is 2.90. The number of thiophene rings is 1. The molecule has 0 saturated carbocycles. The molecule has 2 rings (SSSR count). The molecule has 2 atom stereocenters. The summed E-state index contributed by atoms with van der Waals surface area (Å²) in [6.45, 7) is 4.22. The van der Waals surface area contributed by atoms with Crippen LogP contribution in [0.5, 0.6) is 0 Å². The van der Waals surface area contributed by atoms with Gasteiger partial charge in [0.05, 0.1) is 16.8 Å². The highest BCUT2D eigenvalue weighted by Gasteiger charge is 2.19. The third-order valence-electron chi connectivity index (χ3n) is 3.50. The van der Waals surface area contributed by atoms with Crippen LogP contribution in [0.3, 0.4) is 0 Å². The topological polar surface area (TPSA) is 29.3 Å². The van der Waals surface area contributed by atoms with Crippen LogP contribution in [0, 0.1) is 0 Å². The Kier molecular flexibility index (Phi) is 5.08. The van der Waals surface area contributed by atoms with Gasteiger partial charge in [0, 0.05) is 18.0 Å². The highest BCUT2D eigenvalue weighted by Crippen LogP contribution is 2.36. The van der Waals surface area contributed by atoms with Gasteiger partial charge in [0.25, 0.3) is 0 Å². The van der Waals surface area contributed by atoms with E-state index in [4.69, 9.17) is 17.3 Å². The van der Waals surface area contributed by atoms with Gasteiger partial charge in [0.2, 0.25) is 0 Å². The Hall–Kier alpha value is -1.03. The Morgan fingerprint density at radius 2 is 2.00 bits per heavy atom. The van der Waals surface area contributed by atoms with Gasteiger partial charge >= 0.3 is 0 Å². The van der Waals surface area contributed by atoms with E-state index in [9.17, 15) is 0 Å². The van der Waals surface area contributed by atoms with E-state index in [2.05, 4.69) is 42.5 Å². The van der Waals surface area contributed by atoms with Crippen molar-refractivity contribution in [2.75, 3.05) is 11.9 Å². The lowest BCUT2D eigenvalue weighted by molar-refractivity contribution is 0.716. The van der Waals surface area contributed by atoms with Crippen LogP contribution >= 0.6 is 22.9 Å². The van der Waals surface area contributed by atoms with E-state index in [-0.39, 0.29) is 6.04 Å². The van der Waals surface area contributed by atoms with Gasteiger partial charge in [-0.1, -0.05) is 29.8 Å². The zero-order chi connectivity index (χ0) is 14.7. The second-order valence-electron chi connectivity index (χ2n) is 5.23. The van der Waals surface area contributed by atoms with Gasteiger partial charge in [-0.3, -0.25) is 0 Å². The summed E-state index contributed by atoms with van der Waals surface area (Å²) >= 11 is 8.20. The number of nitrogens with two attached hydrogens (primary N) is 1. The minimum atomic E-state index is 0.123. The van der Waals surface area contributed by atoms with Crippen molar-refractivity contribution in [2.45, 2.75) is 32.4 Å². The van der Waals surface area contributed by atoms with Crippen molar-refractivity contribution in [3.63, 3.8) is 0 Å². The van der Waals surface area contributed by atoms with E-state index < -0.39 is 0 Å². The van der Waals surface area contributed by atoms with Crippen LogP contribution in [0.2, 0.25) is 5.02 Å². The minimum Gasteiger partial charge on any atom is -0.366 e. The normalized spacial score (nSPS) is 14.1. The summed E-state index contributed by atoms with van der Waals surface area (Å²) < 4.78 is 0. The molecular weight excluding hydrogens is 288 g/mol. The number of anilines is 1. The van der Waals surface area contributed by atoms with Crippen molar-refractivity contribution in [3.05, 3.63) is 51.2 Å². The predicted octanol–water partition coefficient (Wildman–Crippen LogP) is 4.49. The molecule has 0 radical (unpaired) electrons. The van der Waals surface area contributed by atoms with Gasteiger partial charge in [-0.05, 0) is 43.3 Å². The molecule has 0 aliphatic heterocycles. The Morgan fingerprint density at radius 3 is 2.60 bits per heavy atom. The van der Waals surface area contributed by atoms with E-state index >= 15 is 0 Å². The van der Waals surface area contributed by atoms with Crippen LogP contribution in [0.25, 0.3) is 0 Å². The Morgan fingerprint density at radius 1 is 1.25 bits per heavy atom. The summed E-state index contributed by atoms with van der Waals surface area (Å²) in [5, 5.41) is 2.89. The molecule has 1 aromatic heterocycles. The molecule has 1 aromatic carbocycles. The van der Waals surface area contributed by atoms with Crippen molar-refractivity contribution in [3.8, 4) is 0 Å². The van der Waals surface area contributed by atoms with Gasteiger partial charge in [0.15, 0.2) is 0 Å². The molecule has 0 bridgehead atoms. The maximum absolute atomic E-state index is 6.43. The first kappa shape index (κ1) is 15.4. The van der Waals surface area contributed by atoms with Crippen molar-refractivity contribution in [1.29, 1.82) is 0 Å². The smallest absolute Gasteiger partial charge is 0.0642 e. The van der Waals surface area contributed by atoms with Gasteiger partial charge in [0.1, 0.15) is 0 Å². The number of hydrogen-bond donors (Lipinski definition) is 1. The molecule has 0 spiro atoms. The lowest BCUT2D eigenvalue weighted by atomic mass is 10.0. The number of halogens is 1. The van der Waals surface area contributed by atoms with Gasteiger partial charge in [-0.2, -0.15) is 0 Å². The first-order valence-corrected chi connectivity index (χ1v) is 8.05. The number of para-hydroxylation sites is 1. The van der Waals surface area contributed by atoms with E-state index in [1.165, 1.54) is 10.4 Å².